The molecular weight excluding hydrogens is 244 g/mol. The fraction of sp³-hybridized carbons (Fsp3) is 0.455. The number of rotatable bonds is 6. The zero-order valence-electron chi connectivity index (χ0n) is 9.52. The van der Waals surface area contributed by atoms with Crippen LogP contribution in [0.2, 0.25) is 5.02 Å². The Hall–Kier alpha value is -1.33. The zero-order chi connectivity index (χ0) is 12.8. The summed E-state index contributed by atoms with van der Waals surface area (Å²) < 4.78 is 0. The lowest BCUT2D eigenvalue weighted by molar-refractivity contribution is -0.384. The predicted molar refractivity (Wildman–Crippen MR) is 67.5 cm³/mol. The minimum absolute atomic E-state index is 0.0332. The highest BCUT2D eigenvalue weighted by Gasteiger charge is 2.09. The molecule has 0 aromatic heterocycles. The smallest absolute Gasteiger partial charge is 0.271 e. The molecule has 1 atom stereocenters. The van der Waals surface area contributed by atoms with Crippen LogP contribution in [0, 0.1) is 10.1 Å². The Morgan fingerprint density at radius 1 is 1.59 bits per heavy atom. The Balaban J connectivity index is 2.57. The van der Waals surface area contributed by atoms with Crippen molar-refractivity contribution in [3.05, 3.63) is 33.3 Å². The Kier molecular flexibility index (Phi) is 5.18. The van der Waals surface area contributed by atoms with E-state index in [9.17, 15) is 15.2 Å². The number of nitrogens with zero attached hydrogens (tertiary/aromatic N) is 1. The molecule has 17 heavy (non-hydrogen) atoms. The first-order chi connectivity index (χ1) is 8.04. The van der Waals surface area contributed by atoms with Crippen LogP contribution in [0.1, 0.15) is 19.8 Å². The maximum Gasteiger partial charge on any atom is 0.271 e. The van der Waals surface area contributed by atoms with Crippen molar-refractivity contribution >= 4 is 23.0 Å². The highest BCUT2D eigenvalue weighted by Crippen LogP contribution is 2.26. The SMILES string of the molecule is CCC(O)CCNc1ccc([N+](=O)[O-])cc1Cl. The molecule has 0 aliphatic rings. The van der Waals surface area contributed by atoms with Gasteiger partial charge in [0.1, 0.15) is 0 Å². The molecule has 94 valence electrons. The van der Waals surface area contributed by atoms with Crippen molar-refractivity contribution in [2.45, 2.75) is 25.9 Å². The van der Waals surface area contributed by atoms with Crippen molar-refractivity contribution in [3.8, 4) is 0 Å². The van der Waals surface area contributed by atoms with E-state index in [0.717, 1.165) is 0 Å². The van der Waals surface area contributed by atoms with Gasteiger partial charge in [-0.2, -0.15) is 0 Å². The van der Waals surface area contributed by atoms with Crippen LogP contribution >= 0.6 is 11.6 Å². The Labute approximate surface area is 105 Å². The fourth-order valence-corrected chi connectivity index (χ4v) is 1.58. The first-order valence-electron chi connectivity index (χ1n) is 5.40. The number of nitro groups is 1. The molecule has 0 amide bonds. The van der Waals surface area contributed by atoms with Crippen molar-refractivity contribution in [2.75, 3.05) is 11.9 Å². The van der Waals surface area contributed by atoms with E-state index in [0.29, 0.717) is 30.1 Å². The van der Waals surface area contributed by atoms with E-state index in [1.165, 1.54) is 12.1 Å². The number of halogens is 1. The second-order valence-electron chi connectivity index (χ2n) is 3.70. The Morgan fingerprint density at radius 3 is 2.82 bits per heavy atom. The summed E-state index contributed by atoms with van der Waals surface area (Å²) in [5, 5.41) is 23.2. The van der Waals surface area contributed by atoms with E-state index in [1.807, 2.05) is 6.92 Å². The lowest BCUT2D eigenvalue weighted by Gasteiger charge is -2.10. The molecule has 0 heterocycles. The van der Waals surface area contributed by atoms with Gasteiger partial charge in [0.25, 0.3) is 5.69 Å². The van der Waals surface area contributed by atoms with Crippen LogP contribution in [-0.4, -0.2) is 22.7 Å². The van der Waals surface area contributed by atoms with E-state index in [-0.39, 0.29) is 11.8 Å². The lowest BCUT2D eigenvalue weighted by Crippen LogP contribution is -2.12. The third kappa shape index (κ3) is 4.20. The van der Waals surface area contributed by atoms with Crippen LogP contribution in [0.5, 0.6) is 0 Å². The van der Waals surface area contributed by atoms with Gasteiger partial charge in [-0.1, -0.05) is 18.5 Å². The van der Waals surface area contributed by atoms with Crippen LogP contribution in [0.4, 0.5) is 11.4 Å². The van der Waals surface area contributed by atoms with Gasteiger partial charge >= 0.3 is 0 Å². The van der Waals surface area contributed by atoms with Crippen LogP contribution in [0.15, 0.2) is 18.2 Å². The minimum atomic E-state index is -0.490. The second-order valence-corrected chi connectivity index (χ2v) is 4.11. The topological polar surface area (TPSA) is 75.4 Å². The van der Waals surface area contributed by atoms with Crippen molar-refractivity contribution in [1.82, 2.24) is 0 Å². The maximum absolute atomic E-state index is 10.5. The molecule has 2 N–H and O–H groups in total. The van der Waals surface area contributed by atoms with Gasteiger partial charge in [-0.05, 0) is 18.9 Å². The molecule has 1 rings (SSSR count). The van der Waals surface area contributed by atoms with Gasteiger partial charge in [0.2, 0.25) is 0 Å². The largest absolute Gasteiger partial charge is 0.393 e. The van der Waals surface area contributed by atoms with Gasteiger partial charge in [0, 0.05) is 18.7 Å². The third-order valence-electron chi connectivity index (χ3n) is 2.43. The molecule has 1 unspecified atom stereocenters. The molecule has 1 aromatic carbocycles. The molecule has 1 aromatic rings. The molecule has 0 saturated heterocycles. The quantitative estimate of drug-likeness (QED) is 0.608. The summed E-state index contributed by atoms with van der Waals surface area (Å²) in [5.41, 5.74) is 0.606. The van der Waals surface area contributed by atoms with E-state index in [1.54, 1.807) is 6.07 Å². The second kappa shape index (κ2) is 6.42. The summed E-state index contributed by atoms with van der Waals surface area (Å²) in [6.45, 7) is 2.48. The monoisotopic (exact) mass is 258 g/mol. The summed E-state index contributed by atoms with van der Waals surface area (Å²) in [7, 11) is 0. The van der Waals surface area contributed by atoms with Crippen LogP contribution in [0.3, 0.4) is 0 Å². The first-order valence-corrected chi connectivity index (χ1v) is 5.78. The molecule has 0 aliphatic carbocycles. The van der Waals surface area contributed by atoms with Gasteiger partial charge in [-0.25, -0.2) is 0 Å². The summed E-state index contributed by atoms with van der Waals surface area (Å²) in [6.07, 6.45) is 0.985. The van der Waals surface area contributed by atoms with E-state index in [2.05, 4.69) is 5.32 Å². The predicted octanol–water partition coefficient (Wildman–Crippen LogP) is 2.82. The van der Waals surface area contributed by atoms with Crippen molar-refractivity contribution in [3.63, 3.8) is 0 Å². The van der Waals surface area contributed by atoms with Crippen LogP contribution < -0.4 is 5.32 Å². The highest BCUT2D eigenvalue weighted by molar-refractivity contribution is 6.33. The van der Waals surface area contributed by atoms with Crippen molar-refractivity contribution in [2.24, 2.45) is 0 Å². The zero-order valence-corrected chi connectivity index (χ0v) is 10.3. The summed E-state index contributed by atoms with van der Waals surface area (Å²) >= 11 is 5.89. The number of non-ortho nitro benzene ring substituents is 1. The third-order valence-corrected chi connectivity index (χ3v) is 2.74. The van der Waals surface area contributed by atoms with Gasteiger partial charge in [-0.3, -0.25) is 10.1 Å². The summed E-state index contributed by atoms with van der Waals surface area (Å²) in [4.78, 5) is 10.0. The highest BCUT2D eigenvalue weighted by atomic mass is 35.5. The Morgan fingerprint density at radius 2 is 2.29 bits per heavy atom. The van der Waals surface area contributed by atoms with E-state index in [4.69, 9.17) is 11.6 Å². The molecule has 0 radical (unpaired) electrons. The van der Waals surface area contributed by atoms with Gasteiger partial charge in [0.15, 0.2) is 0 Å². The minimum Gasteiger partial charge on any atom is -0.393 e. The molecule has 6 heteroatoms. The maximum atomic E-state index is 10.5. The summed E-state index contributed by atoms with van der Waals surface area (Å²) in [6, 6.07) is 4.27. The number of hydrogen-bond donors (Lipinski definition) is 2. The van der Waals surface area contributed by atoms with Gasteiger partial charge < -0.3 is 10.4 Å². The van der Waals surface area contributed by atoms with E-state index >= 15 is 0 Å². The van der Waals surface area contributed by atoms with E-state index < -0.39 is 4.92 Å². The Bertz CT molecular complexity index is 398. The molecule has 0 spiro atoms. The number of benzene rings is 1. The molecule has 0 aliphatic heterocycles. The average molecular weight is 259 g/mol. The van der Waals surface area contributed by atoms with Gasteiger partial charge in [-0.15, -0.1) is 0 Å². The normalized spacial score (nSPS) is 12.2. The lowest BCUT2D eigenvalue weighted by atomic mass is 10.2. The average Bonchev–Trinajstić information content (AvgIpc) is 2.30. The first kappa shape index (κ1) is 13.7. The van der Waals surface area contributed by atoms with Crippen LogP contribution in [0.25, 0.3) is 0 Å². The molecule has 0 saturated carbocycles. The molecule has 5 nitrogen and oxygen atoms in total. The summed E-state index contributed by atoms with van der Waals surface area (Å²) in [5.74, 6) is 0. The number of nitro benzene ring substituents is 1. The van der Waals surface area contributed by atoms with Crippen LogP contribution in [-0.2, 0) is 0 Å². The number of aliphatic hydroxyl groups is 1. The number of nitrogens with one attached hydrogen (secondary N) is 1. The fourth-order valence-electron chi connectivity index (χ4n) is 1.34. The number of aliphatic hydroxyl groups excluding tert-OH is 1. The number of hydrogen-bond acceptors (Lipinski definition) is 4. The van der Waals surface area contributed by atoms with Crippen molar-refractivity contribution < 1.29 is 10.0 Å². The van der Waals surface area contributed by atoms with Gasteiger partial charge in [0.05, 0.1) is 21.7 Å². The molecule has 0 fully saturated rings. The van der Waals surface area contributed by atoms with Crippen molar-refractivity contribution in [1.29, 1.82) is 0 Å². The standard InChI is InChI=1S/C11H15ClN2O3/c1-2-9(15)5-6-13-11-4-3-8(14(16)17)7-10(11)12/h3-4,7,9,13,15H,2,5-6H2,1H3. The molecular formula is C11H15ClN2O3. The molecule has 0 bridgehead atoms. The number of anilines is 1.